The van der Waals surface area contributed by atoms with E-state index in [-0.39, 0.29) is 11.8 Å². The van der Waals surface area contributed by atoms with Crippen molar-refractivity contribution in [2.24, 2.45) is 0 Å². The Hall–Kier alpha value is -2.69. The summed E-state index contributed by atoms with van der Waals surface area (Å²) in [6, 6.07) is 11.1. The third kappa shape index (κ3) is 4.64. The summed E-state index contributed by atoms with van der Waals surface area (Å²) in [5.41, 5.74) is 2.35. The van der Waals surface area contributed by atoms with Crippen molar-refractivity contribution in [1.82, 2.24) is 10.3 Å². The normalized spacial score (nSPS) is 13.4. The molecule has 1 saturated carbocycles. The van der Waals surface area contributed by atoms with Gasteiger partial charge in [0.05, 0.1) is 0 Å². The van der Waals surface area contributed by atoms with Crippen molar-refractivity contribution < 1.29 is 9.59 Å². The number of amides is 2. The number of hydrogen-bond donors (Lipinski definition) is 2. The molecule has 2 N–H and O–H groups in total. The Morgan fingerprint density at radius 3 is 2.57 bits per heavy atom. The minimum absolute atomic E-state index is 0.0518. The lowest BCUT2D eigenvalue weighted by molar-refractivity contribution is -0.116. The standard InChI is InChI=1S/C18H19N3O2/c22-17(10-3-13-2-1-11-19-12-13)20-15-6-4-14(5-7-15)18(23)21-16-8-9-16/h1-2,4-7,11-12,16H,3,8-10H2,(H,20,22)(H,21,23). The maximum Gasteiger partial charge on any atom is 0.251 e. The van der Waals surface area contributed by atoms with Gasteiger partial charge in [0.25, 0.3) is 5.91 Å². The average molecular weight is 309 g/mol. The van der Waals surface area contributed by atoms with Gasteiger partial charge in [0.2, 0.25) is 5.91 Å². The van der Waals surface area contributed by atoms with Gasteiger partial charge >= 0.3 is 0 Å². The van der Waals surface area contributed by atoms with E-state index < -0.39 is 0 Å². The summed E-state index contributed by atoms with van der Waals surface area (Å²) in [6.07, 6.45) is 6.66. The van der Waals surface area contributed by atoms with Gasteiger partial charge < -0.3 is 10.6 Å². The number of aryl methyl sites for hydroxylation is 1. The van der Waals surface area contributed by atoms with Gasteiger partial charge in [0, 0.05) is 36.1 Å². The van der Waals surface area contributed by atoms with Crippen LogP contribution in [0.2, 0.25) is 0 Å². The molecule has 1 aromatic carbocycles. The van der Waals surface area contributed by atoms with Gasteiger partial charge in [-0.25, -0.2) is 0 Å². The van der Waals surface area contributed by atoms with Gasteiger partial charge in [0.1, 0.15) is 0 Å². The van der Waals surface area contributed by atoms with E-state index in [0.717, 1.165) is 18.4 Å². The molecule has 5 nitrogen and oxygen atoms in total. The molecule has 2 aromatic rings. The molecule has 118 valence electrons. The monoisotopic (exact) mass is 309 g/mol. The number of rotatable bonds is 6. The van der Waals surface area contributed by atoms with Gasteiger partial charge in [-0.3, -0.25) is 14.6 Å². The van der Waals surface area contributed by atoms with E-state index in [1.165, 1.54) is 0 Å². The molecule has 23 heavy (non-hydrogen) atoms. The Labute approximate surface area is 135 Å². The fraction of sp³-hybridized carbons (Fsp3) is 0.278. The molecule has 1 aliphatic rings. The van der Waals surface area contributed by atoms with Gasteiger partial charge in [-0.05, 0) is 55.2 Å². The minimum Gasteiger partial charge on any atom is -0.349 e. The molecule has 3 rings (SSSR count). The van der Waals surface area contributed by atoms with Crippen molar-refractivity contribution in [3.63, 3.8) is 0 Å². The molecule has 0 aliphatic heterocycles. The van der Waals surface area contributed by atoms with E-state index in [4.69, 9.17) is 0 Å². The van der Waals surface area contributed by atoms with E-state index in [2.05, 4.69) is 15.6 Å². The van der Waals surface area contributed by atoms with Gasteiger partial charge in [-0.15, -0.1) is 0 Å². The molecule has 0 unspecified atom stereocenters. The maximum atomic E-state index is 11.9. The Morgan fingerprint density at radius 1 is 1.13 bits per heavy atom. The number of nitrogens with one attached hydrogen (secondary N) is 2. The summed E-state index contributed by atoms with van der Waals surface area (Å²) in [6.45, 7) is 0. The largest absolute Gasteiger partial charge is 0.349 e. The molecule has 1 heterocycles. The number of carbonyl (C=O) groups is 2. The van der Waals surface area contributed by atoms with Crippen LogP contribution in [-0.4, -0.2) is 22.8 Å². The molecule has 1 aromatic heterocycles. The SMILES string of the molecule is O=C(CCc1cccnc1)Nc1ccc(C(=O)NC2CC2)cc1. The summed E-state index contributed by atoms with van der Waals surface area (Å²) in [4.78, 5) is 27.9. The topological polar surface area (TPSA) is 71.1 Å². The van der Waals surface area contributed by atoms with Gasteiger partial charge in [-0.1, -0.05) is 6.07 Å². The predicted molar refractivity (Wildman–Crippen MR) is 88.1 cm³/mol. The molecule has 2 amide bonds. The number of hydrogen-bond acceptors (Lipinski definition) is 3. The highest BCUT2D eigenvalue weighted by Gasteiger charge is 2.23. The van der Waals surface area contributed by atoms with Crippen molar-refractivity contribution in [3.8, 4) is 0 Å². The molecule has 0 saturated heterocycles. The molecule has 0 bridgehead atoms. The fourth-order valence-electron chi connectivity index (χ4n) is 2.23. The van der Waals surface area contributed by atoms with E-state index in [9.17, 15) is 9.59 Å². The lowest BCUT2D eigenvalue weighted by atomic mass is 10.1. The predicted octanol–water partition coefficient (Wildman–Crippen LogP) is 2.55. The first-order valence-electron chi connectivity index (χ1n) is 7.80. The number of aromatic nitrogens is 1. The molecular weight excluding hydrogens is 290 g/mol. The average Bonchev–Trinajstić information content (AvgIpc) is 3.38. The number of nitrogens with zero attached hydrogens (tertiary/aromatic N) is 1. The minimum atomic E-state index is -0.0537. The van der Waals surface area contributed by atoms with Crippen LogP contribution in [0.25, 0.3) is 0 Å². The Balaban J connectivity index is 1.49. The second kappa shape index (κ2) is 7.05. The summed E-state index contributed by atoms with van der Waals surface area (Å²) in [7, 11) is 0. The van der Waals surface area contributed by atoms with Gasteiger partial charge in [-0.2, -0.15) is 0 Å². The van der Waals surface area contributed by atoms with Crippen molar-refractivity contribution in [2.45, 2.75) is 31.7 Å². The van der Waals surface area contributed by atoms with Crippen LogP contribution >= 0.6 is 0 Å². The summed E-state index contributed by atoms with van der Waals surface area (Å²) >= 11 is 0. The van der Waals surface area contributed by atoms with Crippen LogP contribution in [0, 0.1) is 0 Å². The van der Waals surface area contributed by atoms with E-state index in [0.29, 0.717) is 30.1 Å². The van der Waals surface area contributed by atoms with Crippen molar-refractivity contribution in [1.29, 1.82) is 0 Å². The van der Waals surface area contributed by atoms with E-state index >= 15 is 0 Å². The quantitative estimate of drug-likeness (QED) is 0.861. The molecule has 0 atom stereocenters. The zero-order chi connectivity index (χ0) is 16.1. The van der Waals surface area contributed by atoms with Crippen LogP contribution in [0.3, 0.4) is 0 Å². The molecule has 1 fully saturated rings. The van der Waals surface area contributed by atoms with Crippen molar-refractivity contribution in [3.05, 3.63) is 59.9 Å². The van der Waals surface area contributed by atoms with E-state index in [1.807, 2.05) is 12.1 Å². The first-order valence-corrected chi connectivity index (χ1v) is 7.80. The number of benzene rings is 1. The molecule has 1 aliphatic carbocycles. The van der Waals surface area contributed by atoms with Crippen LogP contribution in [0.15, 0.2) is 48.8 Å². The summed E-state index contributed by atoms with van der Waals surface area (Å²) in [5.74, 6) is -0.106. The number of carbonyl (C=O) groups excluding carboxylic acids is 2. The Morgan fingerprint density at radius 2 is 1.91 bits per heavy atom. The highest BCUT2D eigenvalue weighted by molar-refractivity contribution is 5.96. The van der Waals surface area contributed by atoms with Crippen LogP contribution in [0.5, 0.6) is 0 Å². The lowest BCUT2D eigenvalue weighted by Crippen LogP contribution is -2.25. The smallest absolute Gasteiger partial charge is 0.251 e. The van der Waals surface area contributed by atoms with Crippen LogP contribution in [-0.2, 0) is 11.2 Å². The van der Waals surface area contributed by atoms with Crippen molar-refractivity contribution >= 4 is 17.5 Å². The Bertz CT molecular complexity index is 679. The van der Waals surface area contributed by atoms with E-state index in [1.54, 1.807) is 36.7 Å². The second-order valence-electron chi connectivity index (χ2n) is 5.73. The highest BCUT2D eigenvalue weighted by atomic mass is 16.2. The first kappa shape index (κ1) is 15.2. The summed E-state index contributed by atoms with van der Waals surface area (Å²) < 4.78 is 0. The highest BCUT2D eigenvalue weighted by Crippen LogP contribution is 2.19. The van der Waals surface area contributed by atoms with Crippen LogP contribution in [0.1, 0.15) is 35.2 Å². The van der Waals surface area contributed by atoms with Crippen LogP contribution < -0.4 is 10.6 Å². The lowest BCUT2D eigenvalue weighted by Gasteiger charge is -2.07. The van der Waals surface area contributed by atoms with Gasteiger partial charge in [0.15, 0.2) is 0 Å². The molecule has 0 spiro atoms. The summed E-state index contributed by atoms with van der Waals surface area (Å²) in [5, 5.41) is 5.78. The fourth-order valence-corrected chi connectivity index (χ4v) is 2.23. The first-order chi connectivity index (χ1) is 11.2. The molecule has 0 radical (unpaired) electrons. The van der Waals surface area contributed by atoms with Crippen molar-refractivity contribution in [2.75, 3.05) is 5.32 Å². The second-order valence-corrected chi connectivity index (χ2v) is 5.73. The molecule has 5 heteroatoms. The zero-order valence-corrected chi connectivity index (χ0v) is 12.8. The molecular formula is C18H19N3O2. The Kier molecular flexibility index (Phi) is 4.66. The third-order valence-electron chi connectivity index (χ3n) is 3.71. The number of pyridine rings is 1. The van der Waals surface area contributed by atoms with Crippen LogP contribution in [0.4, 0.5) is 5.69 Å². The number of anilines is 1. The zero-order valence-electron chi connectivity index (χ0n) is 12.8. The third-order valence-corrected chi connectivity index (χ3v) is 3.71. The maximum absolute atomic E-state index is 11.9.